The maximum atomic E-state index is 11.7. The van der Waals surface area contributed by atoms with Crippen LogP contribution in [0.1, 0.15) is 34.1 Å². The van der Waals surface area contributed by atoms with E-state index < -0.39 is 11.6 Å². The van der Waals surface area contributed by atoms with Crippen LogP contribution in [0.3, 0.4) is 0 Å². The van der Waals surface area contributed by atoms with Gasteiger partial charge in [-0.3, -0.25) is 9.59 Å². The van der Waals surface area contributed by atoms with Crippen LogP contribution in [0.4, 0.5) is 4.79 Å². The summed E-state index contributed by atoms with van der Waals surface area (Å²) in [4.78, 5) is 35.7. The van der Waals surface area contributed by atoms with Gasteiger partial charge in [0, 0.05) is 0 Å². The van der Waals surface area contributed by atoms with Crippen molar-refractivity contribution in [3.05, 3.63) is 0 Å². The Labute approximate surface area is 124 Å². The van der Waals surface area contributed by atoms with Gasteiger partial charge >= 0.3 is 12.1 Å². The summed E-state index contributed by atoms with van der Waals surface area (Å²) in [6, 6.07) is 0. The lowest BCUT2D eigenvalue weighted by atomic mass is 10.1. The van der Waals surface area contributed by atoms with Gasteiger partial charge in [0.05, 0.1) is 25.8 Å². The van der Waals surface area contributed by atoms with E-state index in [2.05, 4.69) is 4.74 Å². The Bertz CT molecular complexity index is 395. The van der Waals surface area contributed by atoms with Gasteiger partial charge in [0.1, 0.15) is 18.6 Å². The van der Waals surface area contributed by atoms with E-state index in [4.69, 9.17) is 9.47 Å². The molecule has 1 saturated heterocycles. The van der Waals surface area contributed by atoms with Crippen molar-refractivity contribution in [3.8, 4) is 0 Å². The van der Waals surface area contributed by atoms with Crippen molar-refractivity contribution in [1.82, 2.24) is 4.90 Å². The average Bonchev–Trinajstić information content (AvgIpc) is 2.24. The number of nitrogens with zero attached hydrogens (tertiary/aromatic N) is 1. The van der Waals surface area contributed by atoms with E-state index in [9.17, 15) is 14.4 Å². The van der Waals surface area contributed by atoms with Gasteiger partial charge < -0.3 is 19.1 Å². The summed E-state index contributed by atoms with van der Waals surface area (Å²) < 4.78 is 15.2. The number of ether oxygens (including phenoxy) is 3. The van der Waals surface area contributed by atoms with E-state index >= 15 is 0 Å². The van der Waals surface area contributed by atoms with E-state index in [0.717, 1.165) is 0 Å². The third-order valence-electron chi connectivity index (χ3n) is 2.63. The highest BCUT2D eigenvalue weighted by Gasteiger charge is 2.34. The molecule has 0 bridgehead atoms. The molecule has 0 atom stereocenters. The van der Waals surface area contributed by atoms with Gasteiger partial charge in [-0.05, 0) is 27.7 Å². The molecule has 1 aliphatic heterocycles. The normalized spacial score (nSPS) is 15.3. The Hall–Kier alpha value is -1.63. The molecule has 1 fully saturated rings. The van der Waals surface area contributed by atoms with Gasteiger partial charge in [-0.2, -0.15) is 0 Å². The van der Waals surface area contributed by atoms with Crippen LogP contribution in [0, 0.1) is 0 Å². The first-order valence-electron chi connectivity index (χ1n) is 6.98. The van der Waals surface area contributed by atoms with Crippen molar-refractivity contribution in [1.29, 1.82) is 0 Å². The lowest BCUT2D eigenvalue weighted by Crippen LogP contribution is -2.56. The average molecular weight is 301 g/mol. The van der Waals surface area contributed by atoms with Crippen molar-refractivity contribution in [2.24, 2.45) is 0 Å². The van der Waals surface area contributed by atoms with Crippen molar-refractivity contribution in [2.45, 2.75) is 45.8 Å². The standard InChI is InChI=1S/C14H23NO6/c1-5-19-12(17)6-10(16)9-20-11-7-15(8-11)13(18)21-14(2,3)4/h11H,5-9H2,1-4H3. The minimum atomic E-state index is -0.546. The Kier molecular flexibility index (Phi) is 6.14. The minimum absolute atomic E-state index is 0.147. The molecule has 0 aromatic heterocycles. The Morgan fingerprint density at radius 3 is 2.33 bits per heavy atom. The number of ketones is 1. The summed E-state index contributed by atoms with van der Waals surface area (Å²) in [7, 11) is 0. The second-order valence-corrected chi connectivity index (χ2v) is 5.84. The molecule has 1 heterocycles. The molecule has 1 rings (SSSR count). The molecule has 0 spiro atoms. The number of carbonyl (C=O) groups is 3. The Morgan fingerprint density at radius 1 is 1.19 bits per heavy atom. The van der Waals surface area contributed by atoms with E-state index in [1.807, 2.05) is 0 Å². The van der Waals surface area contributed by atoms with Crippen LogP contribution in [0.15, 0.2) is 0 Å². The van der Waals surface area contributed by atoms with Crippen LogP contribution in [-0.4, -0.2) is 60.8 Å². The first-order chi connectivity index (χ1) is 9.71. The van der Waals surface area contributed by atoms with Gasteiger partial charge in [0.15, 0.2) is 5.78 Å². The Balaban J connectivity index is 2.16. The fourth-order valence-electron chi connectivity index (χ4n) is 1.65. The van der Waals surface area contributed by atoms with Gasteiger partial charge in [-0.1, -0.05) is 0 Å². The number of hydrogen-bond donors (Lipinski definition) is 0. The van der Waals surface area contributed by atoms with Crippen LogP contribution in [0.25, 0.3) is 0 Å². The third kappa shape index (κ3) is 6.57. The number of carbonyl (C=O) groups excluding carboxylic acids is 3. The van der Waals surface area contributed by atoms with Crippen molar-refractivity contribution < 1.29 is 28.6 Å². The molecule has 0 N–H and O–H groups in total. The summed E-state index contributed by atoms with van der Waals surface area (Å²) in [6.07, 6.45) is -0.861. The monoisotopic (exact) mass is 301 g/mol. The van der Waals surface area contributed by atoms with Crippen LogP contribution >= 0.6 is 0 Å². The molecule has 0 radical (unpaired) electrons. The molecular weight excluding hydrogens is 278 g/mol. The fourth-order valence-corrected chi connectivity index (χ4v) is 1.65. The predicted molar refractivity (Wildman–Crippen MR) is 73.8 cm³/mol. The third-order valence-corrected chi connectivity index (χ3v) is 2.63. The minimum Gasteiger partial charge on any atom is -0.466 e. The summed E-state index contributed by atoms with van der Waals surface area (Å²) in [5.41, 5.74) is -0.529. The molecular formula is C14H23NO6. The second-order valence-electron chi connectivity index (χ2n) is 5.84. The molecule has 120 valence electrons. The number of esters is 1. The van der Waals surface area contributed by atoms with Crippen LogP contribution < -0.4 is 0 Å². The van der Waals surface area contributed by atoms with Gasteiger partial charge in [0.2, 0.25) is 0 Å². The molecule has 0 unspecified atom stereocenters. The zero-order valence-corrected chi connectivity index (χ0v) is 13.0. The molecule has 0 aliphatic carbocycles. The smallest absolute Gasteiger partial charge is 0.410 e. The van der Waals surface area contributed by atoms with E-state index in [0.29, 0.717) is 13.1 Å². The van der Waals surface area contributed by atoms with Crippen LogP contribution in [0.2, 0.25) is 0 Å². The number of hydrogen-bond acceptors (Lipinski definition) is 6. The van der Waals surface area contributed by atoms with Crippen LogP contribution in [-0.2, 0) is 23.8 Å². The zero-order valence-electron chi connectivity index (χ0n) is 13.0. The lowest BCUT2D eigenvalue weighted by Gasteiger charge is -2.39. The molecule has 0 aromatic rings. The maximum Gasteiger partial charge on any atom is 0.410 e. The second kappa shape index (κ2) is 7.40. The fraction of sp³-hybridized carbons (Fsp3) is 0.786. The molecule has 1 amide bonds. The topological polar surface area (TPSA) is 82.1 Å². The maximum absolute atomic E-state index is 11.7. The summed E-state index contributed by atoms with van der Waals surface area (Å²) >= 11 is 0. The van der Waals surface area contributed by atoms with Gasteiger partial charge in [-0.25, -0.2) is 4.79 Å². The van der Waals surface area contributed by atoms with Gasteiger partial charge in [0.25, 0.3) is 0 Å². The zero-order chi connectivity index (χ0) is 16.0. The summed E-state index contributed by atoms with van der Waals surface area (Å²) in [6.45, 7) is 7.96. The highest BCUT2D eigenvalue weighted by molar-refractivity contribution is 5.96. The van der Waals surface area contributed by atoms with E-state index in [1.54, 1.807) is 27.7 Å². The number of Topliss-reactive ketones (excluding diaryl/α,β-unsaturated/α-hetero) is 1. The number of rotatable bonds is 6. The van der Waals surface area contributed by atoms with Gasteiger partial charge in [-0.15, -0.1) is 0 Å². The summed E-state index contributed by atoms with van der Waals surface area (Å²) in [5, 5.41) is 0. The lowest BCUT2D eigenvalue weighted by molar-refractivity contribution is -0.147. The highest BCUT2D eigenvalue weighted by atomic mass is 16.6. The molecule has 1 aliphatic rings. The summed E-state index contributed by atoms with van der Waals surface area (Å²) in [5.74, 6) is -0.876. The Morgan fingerprint density at radius 2 is 1.81 bits per heavy atom. The molecule has 7 nitrogen and oxygen atoms in total. The number of amides is 1. The van der Waals surface area contributed by atoms with E-state index in [1.165, 1.54) is 4.90 Å². The quantitative estimate of drug-likeness (QED) is 0.540. The number of likely N-dealkylation sites (tertiary alicyclic amines) is 1. The first kappa shape index (κ1) is 17.4. The molecule has 7 heteroatoms. The highest BCUT2D eigenvalue weighted by Crippen LogP contribution is 2.17. The van der Waals surface area contributed by atoms with Crippen molar-refractivity contribution in [3.63, 3.8) is 0 Å². The first-order valence-corrected chi connectivity index (χ1v) is 6.98. The van der Waals surface area contributed by atoms with E-state index in [-0.39, 0.29) is 37.6 Å². The molecule has 0 aromatic carbocycles. The van der Waals surface area contributed by atoms with Crippen LogP contribution in [0.5, 0.6) is 0 Å². The van der Waals surface area contributed by atoms with Crippen molar-refractivity contribution >= 4 is 17.8 Å². The predicted octanol–water partition coefficient (Wildman–Crippen LogP) is 1.14. The SMILES string of the molecule is CCOC(=O)CC(=O)COC1CN(C(=O)OC(C)(C)C)C1. The molecule has 0 saturated carbocycles. The van der Waals surface area contributed by atoms with Crippen molar-refractivity contribution in [2.75, 3.05) is 26.3 Å². The molecule has 21 heavy (non-hydrogen) atoms. The largest absolute Gasteiger partial charge is 0.466 e.